The second kappa shape index (κ2) is 6.26. The van der Waals surface area contributed by atoms with Gasteiger partial charge in [-0.15, -0.1) is 10.2 Å². The first-order chi connectivity index (χ1) is 7.88. The van der Waals surface area contributed by atoms with Gasteiger partial charge in [-0.3, -0.25) is 0 Å². The van der Waals surface area contributed by atoms with E-state index in [2.05, 4.69) is 10.2 Å². The van der Waals surface area contributed by atoms with Gasteiger partial charge in [0.25, 0.3) is 0 Å². The van der Waals surface area contributed by atoms with Crippen LogP contribution in [0.1, 0.15) is 13.3 Å². The van der Waals surface area contributed by atoms with Crippen molar-refractivity contribution in [2.45, 2.75) is 39.5 Å². The summed E-state index contributed by atoms with van der Waals surface area (Å²) in [6.07, 6.45) is -2.26. The summed E-state index contributed by atoms with van der Waals surface area (Å²) in [5.41, 5.74) is 5.50. The molecule has 2 unspecified atom stereocenters. The van der Waals surface area contributed by atoms with Crippen LogP contribution < -0.4 is 5.73 Å². The zero-order chi connectivity index (χ0) is 13.1. The lowest BCUT2D eigenvalue weighted by Gasteiger charge is -2.23. The van der Waals surface area contributed by atoms with Crippen LogP contribution >= 0.6 is 34.9 Å². The highest BCUT2D eigenvalue weighted by Crippen LogP contribution is 2.39. The molecule has 2 atom stereocenters. The Morgan fingerprint density at radius 1 is 1.35 bits per heavy atom. The molecule has 0 aliphatic rings. The molecule has 0 spiro atoms. The number of nitrogens with zero attached hydrogens (tertiary/aromatic N) is 2. The third kappa shape index (κ3) is 4.31. The lowest BCUT2D eigenvalue weighted by Crippen LogP contribution is -2.42. The Bertz CT molecular complexity index is 355. The Morgan fingerprint density at radius 3 is 2.35 bits per heavy atom. The van der Waals surface area contributed by atoms with Crippen molar-refractivity contribution in [1.29, 1.82) is 0 Å². The third-order valence-corrected chi connectivity index (χ3v) is 5.36. The fourth-order valence-corrected chi connectivity index (χ4v) is 3.76. The molecule has 1 heterocycles. The molecule has 17 heavy (non-hydrogen) atoms. The second-order valence-corrected chi connectivity index (χ2v) is 6.61. The third-order valence-electron chi connectivity index (χ3n) is 1.97. The quantitative estimate of drug-likeness (QED) is 0.847. The number of rotatable bonds is 5. The van der Waals surface area contributed by atoms with Crippen LogP contribution in [0.5, 0.6) is 0 Å². The van der Waals surface area contributed by atoms with Gasteiger partial charge in [0, 0.05) is 6.04 Å². The monoisotopic (exact) mass is 303 g/mol. The molecule has 1 rings (SSSR count). The van der Waals surface area contributed by atoms with Gasteiger partial charge in [0.2, 0.25) is 0 Å². The summed E-state index contributed by atoms with van der Waals surface area (Å²) < 4.78 is 39.3. The highest BCUT2D eigenvalue weighted by Gasteiger charge is 2.44. The number of hydrogen-bond donors (Lipinski definition) is 1. The Balaban J connectivity index is 2.79. The summed E-state index contributed by atoms with van der Waals surface area (Å²) in [5.74, 6) is 0. The molecule has 3 nitrogen and oxygen atoms in total. The second-order valence-electron chi connectivity index (χ2n) is 3.19. The van der Waals surface area contributed by atoms with Crippen LogP contribution in [0, 0.1) is 0 Å². The molecule has 0 bridgehead atoms. The minimum atomic E-state index is -4.33. The number of nitrogens with two attached hydrogens (primary N) is 1. The normalized spacial score (nSPS) is 15.9. The number of halogens is 3. The molecule has 0 radical (unpaired) electrons. The lowest BCUT2D eigenvalue weighted by molar-refractivity contribution is -0.132. The van der Waals surface area contributed by atoms with E-state index in [4.69, 9.17) is 5.73 Å². The van der Waals surface area contributed by atoms with Crippen molar-refractivity contribution in [3.63, 3.8) is 0 Å². The van der Waals surface area contributed by atoms with E-state index in [1.165, 1.54) is 11.8 Å². The standard InChI is InChI=1S/C8H12F3N3S3/c1-3-4(12)5(8(9,10)11)16-7-14-13-6(15-2)17-7/h4-5H,3,12H2,1-2H3. The smallest absolute Gasteiger partial charge is 0.326 e. The molecule has 0 aliphatic heterocycles. The van der Waals surface area contributed by atoms with E-state index in [9.17, 15) is 13.2 Å². The zero-order valence-corrected chi connectivity index (χ0v) is 11.6. The van der Waals surface area contributed by atoms with Crippen LogP contribution in [-0.2, 0) is 0 Å². The van der Waals surface area contributed by atoms with Crippen molar-refractivity contribution >= 4 is 34.9 Å². The fourth-order valence-electron chi connectivity index (χ4n) is 1.05. The molecule has 0 saturated carbocycles. The lowest BCUT2D eigenvalue weighted by atomic mass is 10.1. The number of thioether (sulfide) groups is 2. The van der Waals surface area contributed by atoms with Gasteiger partial charge in [0.1, 0.15) is 5.25 Å². The topological polar surface area (TPSA) is 51.8 Å². The van der Waals surface area contributed by atoms with Gasteiger partial charge in [-0.25, -0.2) is 0 Å². The van der Waals surface area contributed by atoms with Crippen LogP contribution in [0.4, 0.5) is 13.2 Å². The Labute approximate surface area is 110 Å². The maximum absolute atomic E-state index is 12.8. The molecule has 0 saturated heterocycles. The number of hydrogen-bond acceptors (Lipinski definition) is 6. The highest BCUT2D eigenvalue weighted by molar-refractivity contribution is 8.03. The largest absolute Gasteiger partial charge is 0.402 e. The first-order valence-electron chi connectivity index (χ1n) is 4.75. The highest BCUT2D eigenvalue weighted by atomic mass is 32.2. The van der Waals surface area contributed by atoms with Gasteiger partial charge in [-0.05, 0) is 12.7 Å². The maximum Gasteiger partial charge on any atom is 0.402 e. The summed E-state index contributed by atoms with van der Waals surface area (Å²) in [7, 11) is 0. The minimum absolute atomic E-state index is 0.269. The predicted octanol–water partition coefficient (Wildman–Crippen LogP) is 3.02. The van der Waals surface area contributed by atoms with E-state index in [0.29, 0.717) is 20.4 Å². The molecular formula is C8H12F3N3S3. The van der Waals surface area contributed by atoms with Crippen LogP contribution in [-0.4, -0.2) is 33.9 Å². The Hall–Kier alpha value is 0.01000. The van der Waals surface area contributed by atoms with Gasteiger partial charge in [-0.1, -0.05) is 41.8 Å². The molecule has 1 aromatic rings. The minimum Gasteiger partial charge on any atom is -0.326 e. The summed E-state index contributed by atoms with van der Waals surface area (Å²) >= 11 is 3.16. The molecule has 2 N–H and O–H groups in total. The van der Waals surface area contributed by atoms with Crippen molar-refractivity contribution in [2.24, 2.45) is 5.73 Å². The average molecular weight is 303 g/mol. The first-order valence-corrected chi connectivity index (χ1v) is 7.67. The van der Waals surface area contributed by atoms with E-state index in [-0.39, 0.29) is 6.42 Å². The molecule has 0 aliphatic carbocycles. The van der Waals surface area contributed by atoms with Gasteiger partial charge < -0.3 is 5.73 Å². The summed E-state index contributed by atoms with van der Waals surface area (Å²) in [4.78, 5) is 0. The fraction of sp³-hybridized carbons (Fsp3) is 0.750. The maximum atomic E-state index is 12.8. The van der Waals surface area contributed by atoms with E-state index >= 15 is 0 Å². The van der Waals surface area contributed by atoms with Crippen molar-refractivity contribution in [1.82, 2.24) is 10.2 Å². The molecule has 0 fully saturated rings. The summed E-state index contributed by atoms with van der Waals surface area (Å²) in [6.45, 7) is 1.64. The molecule has 9 heteroatoms. The zero-order valence-electron chi connectivity index (χ0n) is 9.19. The van der Waals surface area contributed by atoms with Gasteiger partial charge >= 0.3 is 6.18 Å². The number of alkyl halides is 3. The predicted molar refractivity (Wildman–Crippen MR) is 65.7 cm³/mol. The van der Waals surface area contributed by atoms with Crippen LogP contribution in [0.3, 0.4) is 0 Å². The number of aromatic nitrogens is 2. The average Bonchev–Trinajstić information content (AvgIpc) is 2.71. The molecular weight excluding hydrogens is 291 g/mol. The van der Waals surface area contributed by atoms with Crippen molar-refractivity contribution < 1.29 is 13.2 Å². The van der Waals surface area contributed by atoms with Gasteiger partial charge in [0.15, 0.2) is 8.68 Å². The van der Waals surface area contributed by atoms with Crippen molar-refractivity contribution in [3.8, 4) is 0 Å². The SMILES string of the molecule is CCC(N)C(Sc1nnc(SC)s1)C(F)(F)F. The van der Waals surface area contributed by atoms with Crippen LogP contribution in [0.25, 0.3) is 0 Å². The Kier molecular flexibility index (Phi) is 5.55. The summed E-state index contributed by atoms with van der Waals surface area (Å²) in [6, 6.07) is -0.929. The van der Waals surface area contributed by atoms with Crippen molar-refractivity contribution in [2.75, 3.05) is 6.26 Å². The van der Waals surface area contributed by atoms with Crippen molar-refractivity contribution in [3.05, 3.63) is 0 Å². The van der Waals surface area contributed by atoms with E-state index in [1.807, 2.05) is 0 Å². The van der Waals surface area contributed by atoms with Crippen LogP contribution in [0.2, 0.25) is 0 Å². The first kappa shape index (κ1) is 15.1. The van der Waals surface area contributed by atoms with E-state index in [0.717, 1.165) is 11.3 Å². The molecule has 0 aromatic carbocycles. The molecule has 98 valence electrons. The van der Waals surface area contributed by atoms with E-state index in [1.54, 1.807) is 13.2 Å². The van der Waals surface area contributed by atoms with Crippen LogP contribution in [0.15, 0.2) is 8.68 Å². The van der Waals surface area contributed by atoms with Gasteiger partial charge in [0.05, 0.1) is 0 Å². The Morgan fingerprint density at radius 2 is 1.94 bits per heavy atom. The van der Waals surface area contributed by atoms with Gasteiger partial charge in [-0.2, -0.15) is 13.2 Å². The summed E-state index contributed by atoms with van der Waals surface area (Å²) in [5, 5.41) is 5.84. The molecule has 1 aromatic heterocycles. The molecule has 0 amide bonds. The van der Waals surface area contributed by atoms with E-state index < -0.39 is 17.5 Å².